The first-order chi connectivity index (χ1) is 22.8. The van der Waals surface area contributed by atoms with Gasteiger partial charge in [-0.05, 0) is 78.4 Å². The van der Waals surface area contributed by atoms with Gasteiger partial charge in [-0.1, -0.05) is 37.6 Å². The van der Waals surface area contributed by atoms with Crippen molar-refractivity contribution in [1.82, 2.24) is 20.6 Å². The van der Waals surface area contributed by atoms with Gasteiger partial charge in [0.05, 0.1) is 25.4 Å². The Kier molecular flexibility index (Phi) is 9.34. The van der Waals surface area contributed by atoms with Crippen molar-refractivity contribution in [2.45, 2.75) is 35.9 Å². The van der Waals surface area contributed by atoms with Crippen molar-refractivity contribution in [3.63, 3.8) is 0 Å². The van der Waals surface area contributed by atoms with Crippen molar-refractivity contribution in [3.05, 3.63) is 102 Å². The molecule has 3 aromatic carbocycles. The lowest BCUT2D eigenvalue weighted by Gasteiger charge is -2.40. The van der Waals surface area contributed by atoms with E-state index in [1.807, 2.05) is 30.6 Å². The normalized spacial score (nSPS) is 21.2. The van der Waals surface area contributed by atoms with E-state index in [4.69, 9.17) is 9.47 Å². The number of benzene rings is 3. The molecule has 0 amide bonds. The predicted molar refractivity (Wildman–Crippen MR) is 174 cm³/mol. The van der Waals surface area contributed by atoms with Crippen molar-refractivity contribution in [2.75, 3.05) is 50.0 Å². The van der Waals surface area contributed by atoms with Crippen molar-refractivity contribution >= 4 is 33.2 Å². The van der Waals surface area contributed by atoms with E-state index in [0.29, 0.717) is 67.2 Å². The van der Waals surface area contributed by atoms with Crippen LogP contribution in [-0.2, 0) is 9.47 Å². The topological polar surface area (TPSA) is 92.4 Å². The van der Waals surface area contributed by atoms with Gasteiger partial charge in [-0.15, -0.1) is 0 Å². The first kappa shape index (κ1) is 34.0. The predicted octanol–water partition coefficient (Wildman–Crippen LogP) is 8.65. The Labute approximate surface area is 274 Å². The maximum atomic E-state index is 14.3. The molecule has 4 aromatic rings. The average Bonchev–Trinajstić information content (AvgIpc) is 3.92. The number of anilines is 4. The molecule has 3 aliphatic rings. The Bertz CT molecular complexity index is 1680. The molecule has 8 nitrogen and oxygen atoms in total. The molecule has 258 valence electrons. The number of ether oxygens (including phenoxy) is 2. The summed E-state index contributed by atoms with van der Waals surface area (Å²) in [7, 11) is -9.63. The molecule has 0 radical (unpaired) electrons. The van der Waals surface area contributed by atoms with Gasteiger partial charge in [0.2, 0.25) is 5.95 Å². The summed E-state index contributed by atoms with van der Waals surface area (Å²) in [5.74, 6) is 0.834. The van der Waals surface area contributed by atoms with Gasteiger partial charge in [-0.2, -0.15) is 0 Å². The zero-order chi connectivity index (χ0) is 33.8. The molecule has 2 saturated heterocycles. The molecule has 7 rings (SSSR count). The molecule has 3 fully saturated rings. The Morgan fingerprint density at radius 3 is 1.75 bits per heavy atom. The van der Waals surface area contributed by atoms with Crippen LogP contribution in [0.3, 0.4) is 0 Å². The van der Waals surface area contributed by atoms with Crippen LogP contribution in [0.5, 0.6) is 0 Å². The molecule has 1 aliphatic carbocycles. The largest absolute Gasteiger partial charge is 0.371 e. The maximum Gasteiger partial charge on any atom is 0.310 e. The SMILES string of the molecule is FS(F)(F)(F)(F)c1ccc(Nc2ccc([C@@H]3CNCCO3)cc2)cc1.Fc1cc(Nc2ncc(C3CC3)cn2)ccc1[C@@H]1CNCCO1. The Hall–Kier alpha value is -3.89. The minimum Gasteiger partial charge on any atom is -0.371 e. The summed E-state index contributed by atoms with van der Waals surface area (Å²) in [5.41, 5.74) is 4.29. The fourth-order valence-corrected chi connectivity index (χ4v) is 5.96. The van der Waals surface area contributed by atoms with E-state index >= 15 is 0 Å². The van der Waals surface area contributed by atoms with E-state index in [-0.39, 0.29) is 23.7 Å². The van der Waals surface area contributed by atoms with Gasteiger partial charge in [0, 0.05) is 61.2 Å². The third kappa shape index (κ3) is 9.17. The first-order valence-electron chi connectivity index (χ1n) is 15.5. The highest BCUT2D eigenvalue weighted by Crippen LogP contribution is 3.02. The molecule has 0 unspecified atom stereocenters. The molecule has 3 heterocycles. The van der Waals surface area contributed by atoms with E-state index in [9.17, 15) is 23.8 Å². The molecular formula is C33H36F6N6O2S. The van der Waals surface area contributed by atoms with Crippen LogP contribution < -0.4 is 21.3 Å². The molecule has 1 saturated carbocycles. The summed E-state index contributed by atoms with van der Waals surface area (Å²) >= 11 is 0. The fourth-order valence-electron chi connectivity index (χ4n) is 5.31. The van der Waals surface area contributed by atoms with Crippen molar-refractivity contribution in [2.24, 2.45) is 0 Å². The first-order valence-corrected chi connectivity index (χ1v) is 17.5. The van der Waals surface area contributed by atoms with Crippen LogP contribution >= 0.6 is 10.2 Å². The molecule has 1 aromatic heterocycles. The van der Waals surface area contributed by atoms with Gasteiger partial charge in [0.1, 0.15) is 10.7 Å². The Morgan fingerprint density at radius 1 is 0.667 bits per heavy atom. The van der Waals surface area contributed by atoms with Gasteiger partial charge >= 0.3 is 10.2 Å². The van der Waals surface area contributed by atoms with Crippen molar-refractivity contribution in [3.8, 4) is 0 Å². The third-order valence-corrected chi connectivity index (χ3v) is 9.21. The number of hydrogen-bond acceptors (Lipinski definition) is 8. The monoisotopic (exact) mass is 694 g/mol. The summed E-state index contributed by atoms with van der Waals surface area (Å²) in [5, 5.41) is 12.4. The van der Waals surface area contributed by atoms with E-state index in [2.05, 4.69) is 31.2 Å². The Morgan fingerprint density at radius 2 is 1.23 bits per heavy atom. The summed E-state index contributed by atoms with van der Waals surface area (Å²) in [6.45, 7) is 4.20. The van der Waals surface area contributed by atoms with Crippen molar-refractivity contribution in [1.29, 1.82) is 0 Å². The molecule has 4 N–H and O–H groups in total. The number of morpholine rings is 2. The minimum absolute atomic E-state index is 0.0421. The average molecular weight is 695 g/mol. The van der Waals surface area contributed by atoms with Crippen LogP contribution in [0.15, 0.2) is 84.0 Å². The number of nitrogens with one attached hydrogen (secondary N) is 4. The molecule has 0 bridgehead atoms. The van der Waals surface area contributed by atoms with Crippen LogP contribution in [-0.4, -0.2) is 49.4 Å². The molecule has 2 atom stereocenters. The second-order valence-corrected chi connectivity index (χ2v) is 14.3. The van der Waals surface area contributed by atoms with Crippen LogP contribution in [0.1, 0.15) is 47.7 Å². The summed E-state index contributed by atoms with van der Waals surface area (Å²) < 4.78 is 89.0. The second kappa shape index (κ2) is 13.2. The van der Waals surface area contributed by atoms with Gasteiger partial charge in [0.25, 0.3) is 0 Å². The zero-order valence-corrected chi connectivity index (χ0v) is 26.6. The van der Waals surface area contributed by atoms with E-state index < -0.39 is 15.1 Å². The summed E-state index contributed by atoms with van der Waals surface area (Å²) in [6.07, 6.45) is 5.87. The highest BCUT2D eigenvalue weighted by atomic mass is 32.5. The molecular weight excluding hydrogens is 658 g/mol. The van der Waals surface area contributed by atoms with E-state index in [1.54, 1.807) is 18.2 Å². The number of halogens is 6. The maximum absolute atomic E-state index is 14.3. The standard InChI is InChI=1S/C17H19FN4O.C16H17F5N2OS/c18-15-7-13(3-4-14(15)16-10-19-5-6-23-16)22-17-20-8-12(9-21-17)11-1-2-11;17-25(18,19,20,21)15-7-5-14(6-8-15)23-13-3-1-12(2-4-13)16-11-22-9-10-24-16/h3-4,7-9,11,16,19H,1-2,5-6,10H2,(H,20,21,22);1-8,16,22-23H,9-11H2/t2*16-/m00/s1. The highest BCUT2D eigenvalue weighted by Gasteiger charge is 2.65. The smallest absolute Gasteiger partial charge is 0.310 e. The Balaban J connectivity index is 0.000000168. The quantitative estimate of drug-likeness (QED) is 0.136. The summed E-state index contributed by atoms with van der Waals surface area (Å²) in [4.78, 5) is 6.70. The van der Waals surface area contributed by atoms with Crippen LogP contribution in [0, 0.1) is 5.82 Å². The van der Waals surface area contributed by atoms with Gasteiger partial charge in [-0.25, -0.2) is 14.4 Å². The lowest BCUT2D eigenvalue weighted by molar-refractivity contribution is 0.0255. The zero-order valence-electron chi connectivity index (χ0n) is 25.8. The fraction of sp³-hybridized carbons (Fsp3) is 0.333. The lowest BCUT2D eigenvalue weighted by Crippen LogP contribution is -2.33. The number of aromatic nitrogens is 2. The summed E-state index contributed by atoms with van der Waals surface area (Å²) in [6, 6.07) is 15.0. The highest BCUT2D eigenvalue weighted by molar-refractivity contribution is 8.45. The molecule has 2 aliphatic heterocycles. The van der Waals surface area contributed by atoms with Gasteiger partial charge < -0.3 is 30.7 Å². The van der Waals surface area contributed by atoms with Gasteiger partial charge in [-0.3, -0.25) is 0 Å². The third-order valence-electron chi connectivity index (χ3n) is 8.05. The van der Waals surface area contributed by atoms with E-state index in [1.165, 1.54) is 24.5 Å². The minimum atomic E-state index is -9.63. The van der Waals surface area contributed by atoms with E-state index in [0.717, 1.165) is 30.8 Å². The van der Waals surface area contributed by atoms with Crippen LogP contribution in [0.2, 0.25) is 0 Å². The van der Waals surface area contributed by atoms with Crippen LogP contribution in [0.25, 0.3) is 0 Å². The van der Waals surface area contributed by atoms with Crippen LogP contribution in [0.4, 0.5) is 46.8 Å². The van der Waals surface area contributed by atoms with Crippen molar-refractivity contribution < 1.29 is 33.3 Å². The molecule has 15 heteroatoms. The molecule has 0 spiro atoms. The van der Waals surface area contributed by atoms with Gasteiger partial charge in [0.15, 0.2) is 0 Å². The number of hydrogen-bond donors (Lipinski definition) is 4. The number of nitrogens with zero attached hydrogens (tertiary/aromatic N) is 2. The lowest BCUT2D eigenvalue weighted by atomic mass is 10.1. The second-order valence-electron chi connectivity index (χ2n) is 11.8. The number of rotatable bonds is 8. The molecule has 48 heavy (non-hydrogen) atoms.